The van der Waals surface area contributed by atoms with Crippen LogP contribution in [-0.2, 0) is 0 Å². The molecule has 0 unspecified atom stereocenters. The molecular formula is C17H21NS. The molecule has 2 aliphatic rings. The normalized spacial score (nSPS) is 23.6. The van der Waals surface area contributed by atoms with E-state index in [-0.39, 0.29) is 4.75 Å². The zero-order valence-corrected chi connectivity index (χ0v) is 12.4. The van der Waals surface area contributed by atoms with E-state index in [1.54, 1.807) is 11.8 Å². The summed E-state index contributed by atoms with van der Waals surface area (Å²) in [5.74, 6) is 0. The largest absolute Gasteiger partial charge is 0.197 e. The van der Waals surface area contributed by atoms with Crippen LogP contribution in [0.1, 0.15) is 50.5 Å². The van der Waals surface area contributed by atoms with E-state index in [2.05, 4.69) is 37.3 Å². The SMILES string of the molecule is Cc1cccc(SC2(C#N)CC3(CCCCC3)C2)c1. The minimum absolute atomic E-state index is 0.148. The Morgan fingerprint density at radius 1 is 1.16 bits per heavy atom. The molecule has 0 atom stereocenters. The topological polar surface area (TPSA) is 23.8 Å². The summed E-state index contributed by atoms with van der Waals surface area (Å²) in [6, 6.07) is 11.2. The van der Waals surface area contributed by atoms with Gasteiger partial charge < -0.3 is 0 Å². The van der Waals surface area contributed by atoms with Crippen LogP contribution in [0.4, 0.5) is 0 Å². The Morgan fingerprint density at radius 2 is 1.89 bits per heavy atom. The lowest BCUT2D eigenvalue weighted by Gasteiger charge is -2.54. The van der Waals surface area contributed by atoms with Gasteiger partial charge in [-0.2, -0.15) is 5.26 Å². The maximum absolute atomic E-state index is 9.61. The van der Waals surface area contributed by atoms with Gasteiger partial charge >= 0.3 is 0 Å². The molecule has 19 heavy (non-hydrogen) atoms. The van der Waals surface area contributed by atoms with Gasteiger partial charge in [0.1, 0.15) is 4.75 Å². The van der Waals surface area contributed by atoms with Crippen molar-refractivity contribution in [3.05, 3.63) is 29.8 Å². The maximum atomic E-state index is 9.61. The average Bonchev–Trinajstić information content (AvgIpc) is 2.38. The highest BCUT2D eigenvalue weighted by atomic mass is 32.2. The number of nitriles is 1. The number of thioether (sulfide) groups is 1. The van der Waals surface area contributed by atoms with Gasteiger partial charge in [-0.15, -0.1) is 11.8 Å². The minimum Gasteiger partial charge on any atom is -0.197 e. The fourth-order valence-electron chi connectivity index (χ4n) is 3.89. The highest BCUT2D eigenvalue weighted by molar-refractivity contribution is 8.01. The third-order valence-electron chi connectivity index (χ3n) is 4.74. The number of nitrogens with zero attached hydrogens (tertiary/aromatic N) is 1. The highest BCUT2D eigenvalue weighted by Crippen LogP contribution is 2.62. The van der Waals surface area contributed by atoms with Crippen LogP contribution in [0.3, 0.4) is 0 Å². The first kappa shape index (κ1) is 13.1. The van der Waals surface area contributed by atoms with E-state index in [1.165, 1.54) is 42.6 Å². The van der Waals surface area contributed by atoms with E-state index in [1.807, 2.05) is 0 Å². The van der Waals surface area contributed by atoms with E-state index < -0.39 is 0 Å². The molecule has 3 rings (SSSR count). The van der Waals surface area contributed by atoms with E-state index in [9.17, 15) is 5.26 Å². The van der Waals surface area contributed by atoms with Gasteiger partial charge in [-0.25, -0.2) is 0 Å². The van der Waals surface area contributed by atoms with Crippen LogP contribution in [0.5, 0.6) is 0 Å². The molecule has 0 aromatic heterocycles. The first-order valence-electron chi connectivity index (χ1n) is 7.32. The van der Waals surface area contributed by atoms with Crippen molar-refractivity contribution < 1.29 is 0 Å². The maximum Gasteiger partial charge on any atom is 0.108 e. The molecule has 2 fully saturated rings. The summed E-state index contributed by atoms with van der Waals surface area (Å²) in [5, 5.41) is 9.61. The van der Waals surface area contributed by atoms with Crippen LogP contribution in [0, 0.1) is 23.7 Å². The monoisotopic (exact) mass is 271 g/mol. The zero-order chi connectivity index (χ0) is 13.3. The van der Waals surface area contributed by atoms with Crippen LogP contribution in [0.2, 0.25) is 0 Å². The molecule has 0 bridgehead atoms. The third kappa shape index (κ3) is 2.54. The molecule has 1 aromatic carbocycles. The van der Waals surface area contributed by atoms with Crippen LogP contribution >= 0.6 is 11.8 Å². The summed E-state index contributed by atoms with van der Waals surface area (Å²) in [7, 11) is 0. The molecule has 0 heterocycles. The number of hydrogen-bond donors (Lipinski definition) is 0. The standard InChI is InChI=1S/C17H21NS/c1-14-6-5-7-15(10-14)19-17(13-18)11-16(12-17)8-3-2-4-9-16/h5-7,10H,2-4,8-9,11-12H2,1H3. The Morgan fingerprint density at radius 3 is 2.53 bits per heavy atom. The summed E-state index contributed by atoms with van der Waals surface area (Å²) in [4.78, 5) is 1.26. The van der Waals surface area contributed by atoms with Gasteiger partial charge in [-0.3, -0.25) is 0 Å². The number of rotatable bonds is 2. The predicted molar refractivity (Wildman–Crippen MR) is 80.1 cm³/mol. The third-order valence-corrected chi connectivity index (χ3v) is 6.00. The molecule has 0 aliphatic heterocycles. The highest BCUT2D eigenvalue weighted by Gasteiger charge is 2.55. The van der Waals surface area contributed by atoms with Crippen LogP contribution in [0.25, 0.3) is 0 Å². The van der Waals surface area contributed by atoms with E-state index in [0.29, 0.717) is 5.41 Å². The first-order chi connectivity index (χ1) is 9.15. The molecule has 2 aliphatic carbocycles. The van der Waals surface area contributed by atoms with Crippen molar-refractivity contribution in [2.24, 2.45) is 5.41 Å². The van der Waals surface area contributed by atoms with Crippen LogP contribution in [0.15, 0.2) is 29.2 Å². The van der Waals surface area contributed by atoms with E-state index in [0.717, 1.165) is 12.8 Å². The van der Waals surface area contributed by atoms with Gasteiger partial charge in [0.05, 0.1) is 6.07 Å². The zero-order valence-electron chi connectivity index (χ0n) is 11.6. The molecule has 1 nitrogen and oxygen atoms in total. The lowest BCUT2D eigenvalue weighted by molar-refractivity contribution is 0.0593. The van der Waals surface area contributed by atoms with E-state index in [4.69, 9.17) is 0 Å². The van der Waals surface area contributed by atoms with Gasteiger partial charge in [0.15, 0.2) is 0 Å². The van der Waals surface area contributed by atoms with Gasteiger partial charge in [0, 0.05) is 4.90 Å². The average molecular weight is 271 g/mol. The fourth-order valence-corrected chi connectivity index (χ4v) is 5.54. The molecule has 2 saturated carbocycles. The Labute approximate surface area is 120 Å². The second kappa shape index (κ2) is 4.87. The Bertz CT molecular complexity index is 500. The number of benzene rings is 1. The molecular weight excluding hydrogens is 250 g/mol. The van der Waals surface area contributed by atoms with E-state index >= 15 is 0 Å². The number of hydrogen-bond acceptors (Lipinski definition) is 2. The van der Waals surface area contributed by atoms with Gasteiger partial charge in [-0.05, 0) is 50.2 Å². The molecule has 0 N–H and O–H groups in total. The minimum atomic E-state index is -0.148. The summed E-state index contributed by atoms with van der Waals surface area (Å²) >= 11 is 1.80. The van der Waals surface area contributed by atoms with Crippen molar-refractivity contribution in [1.29, 1.82) is 5.26 Å². The molecule has 1 spiro atoms. The van der Waals surface area contributed by atoms with Crippen molar-refractivity contribution >= 4 is 11.8 Å². The van der Waals surface area contributed by atoms with Crippen molar-refractivity contribution in [1.82, 2.24) is 0 Å². The lowest BCUT2D eigenvalue weighted by atomic mass is 9.56. The molecule has 1 aromatic rings. The second-order valence-corrected chi connectivity index (χ2v) is 7.90. The van der Waals surface area contributed by atoms with Gasteiger partial charge in [0.25, 0.3) is 0 Å². The van der Waals surface area contributed by atoms with Crippen molar-refractivity contribution in [3.63, 3.8) is 0 Å². The summed E-state index contributed by atoms with van der Waals surface area (Å²) in [5.41, 5.74) is 1.80. The Balaban J connectivity index is 1.71. The lowest BCUT2D eigenvalue weighted by Crippen LogP contribution is -2.49. The Kier molecular flexibility index (Phi) is 3.35. The first-order valence-corrected chi connectivity index (χ1v) is 8.14. The van der Waals surface area contributed by atoms with Crippen molar-refractivity contribution in [3.8, 4) is 6.07 Å². The van der Waals surface area contributed by atoms with Crippen LogP contribution in [-0.4, -0.2) is 4.75 Å². The van der Waals surface area contributed by atoms with Crippen molar-refractivity contribution in [2.45, 2.75) is 61.5 Å². The second-order valence-electron chi connectivity index (χ2n) is 6.44. The molecule has 0 saturated heterocycles. The smallest absolute Gasteiger partial charge is 0.108 e. The van der Waals surface area contributed by atoms with Gasteiger partial charge in [0.2, 0.25) is 0 Å². The number of aryl methyl sites for hydroxylation is 1. The van der Waals surface area contributed by atoms with Gasteiger partial charge in [-0.1, -0.05) is 37.0 Å². The molecule has 0 radical (unpaired) electrons. The molecule has 0 amide bonds. The van der Waals surface area contributed by atoms with Crippen LogP contribution < -0.4 is 0 Å². The van der Waals surface area contributed by atoms with Crippen molar-refractivity contribution in [2.75, 3.05) is 0 Å². The summed E-state index contributed by atoms with van der Waals surface area (Å²) in [6.07, 6.45) is 9.05. The Hall–Kier alpha value is -0.940. The summed E-state index contributed by atoms with van der Waals surface area (Å²) < 4.78 is -0.148. The quantitative estimate of drug-likeness (QED) is 0.747. The molecule has 100 valence electrons. The summed E-state index contributed by atoms with van der Waals surface area (Å²) in [6.45, 7) is 2.12. The predicted octanol–water partition coefficient (Wildman–Crippen LogP) is 5.09. The molecule has 2 heteroatoms. The fraction of sp³-hybridized carbons (Fsp3) is 0.588.